The SMILES string of the molecule is C[C@@H](N)c1ccc(SC2CCOCC2)cc1. The monoisotopic (exact) mass is 237 g/mol. The highest BCUT2D eigenvalue weighted by atomic mass is 32.2. The van der Waals surface area contributed by atoms with Gasteiger partial charge in [0.1, 0.15) is 0 Å². The van der Waals surface area contributed by atoms with E-state index in [1.54, 1.807) is 0 Å². The maximum absolute atomic E-state index is 5.82. The van der Waals surface area contributed by atoms with Crippen molar-refractivity contribution in [3.8, 4) is 0 Å². The Morgan fingerprint density at radius 2 is 1.88 bits per heavy atom. The normalized spacial score (nSPS) is 19.6. The summed E-state index contributed by atoms with van der Waals surface area (Å²) in [5, 5.41) is 0.717. The molecule has 1 fully saturated rings. The predicted molar refractivity (Wildman–Crippen MR) is 68.7 cm³/mol. The van der Waals surface area contributed by atoms with Gasteiger partial charge < -0.3 is 10.5 Å². The fraction of sp³-hybridized carbons (Fsp3) is 0.538. The highest BCUT2D eigenvalue weighted by Gasteiger charge is 2.14. The molecule has 2 nitrogen and oxygen atoms in total. The lowest BCUT2D eigenvalue weighted by Crippen LogP contribution is -2.17. The maximum Gasteiger partial charge on any atom is 0.0476 e. The van der Waals surface area contributed by atoms with Gasteiger partial charge in [-0.05, 0) is 37.5 Å². The zero-order valence-corrected chi connectivity index (χ0v) is 10.5. The lowest BCUT2D eigenvalue weighted by atomic mass is 10.1. The molecule has 0 radical (unpaired) electrons. The molecule has 2 rings (SSSR count). The zero-order valence-electron chi connectivity index (χ0n) is 9.69. The van der Waals surface area contributed by atoms with E-state index in [0.29, 0.717) is 0 Å². The van der Waals surface area contributed by atoms with Crippen LogP contribution in [-0.2, 0) is 4.74 Å². The van der Waals surface area contributed by atoms with E-state index in [4.69, 9.17) is 10.5 Å². The molecule has 1 atom stereocenters. The van der Waals surface area contributed by atoms with Crippen LogP contribution in [0.2, 0.25) is 0 Å². The first kappa shape index (κ1) is 12.0. The minimum Gasteiger partial charge on any atom is -0.381 e. The number of benzene rings is 1. The van der Waals surface area contributed by atoms with E-state index in [2.05, 4.69) is 24.3 Å². The fourth-order valence-electron chi connectivity index (χ4n) is 1.84. The van der Waals surface area contributed by atoms with Crippen LogP contribution in [0.1, 0.15) is 31.4 Å². The van der Waals surface area contributed by atoms with Gasteiger partial charge in [-0.2, -0.15) is 0 Å². The van der Waals surface area contributed by atoms with Gasteiger partial charge in [-0.25, -0.2) is 0 Å². The van der Waals surface area contributed by atoms with E-state index in [-0.39, 0.29) is 6.04 Å². The van der Waals surface area contributed by atoms with E-state index < -0.39 is 0 Å². The third-order valence-electron chi connectivity index (χ3n) is 2.88. The van der Waals surface area contributed by atoms with Gasteiger partial charge in [0.15, 0.2) is 0 Å². The molecule has 1 aliphatic rings. The summed E-state index contributed by atoms with van der Waals surface area (Å²) in [5.41, 5.74) is 7.03. The molecule has 0 unspecified atom stereocenters. The summed E-state index contributed by atoms with van der Waals surface area (Å²) in [7, 11) is 0. The van der Waals surface area contributed by atoms with Crippen molar-refractivity contribution in [3.05, 3.63) is 29.8 Å². The Hall–Kier alpha value is -0.510. The number of nitrogens with two attached hydrogens (primary N) is 1. The van der Waals surface area contributed by atoms with E-state index in [0.717, 1.165) is 18.5 Å². The van der Waals surface area contributed by atoms with Gasteiger partial charge in [0.25, 0.3) is 0 Å². The molecule has 1 heterocycles. The van der Waals surface area contributed by atoms with E-state index in [9.17, 15) is 0 Å². The second-order valence-electron chi connectivity index (χ2n) is 4.29. The van der Waals surface area contributed by atoms with Crippen LogP contribution in [0.25, 0.3) is 0 Å². The molecule has 1 aliphatic heterocycles. The van der Waals surface area contributed by atoms with Crippen molar-refractivity contribution >= 4 is 11.8 Å². The molecule has 0 saturated carbocycles. The molecular weight excluding hydrogens is 218 g/mol. The van der Waals surface area contributed by atoms with Crippen LogP contribution in [0.15, 0.2) is 29.2 Å². The lowest BCUT2D eigenvalue weighted by Gasteiger charge is -2.21. The highest BCUT2D eigenvalue weighted by Crippen LogP contribution is 2.30. The fourth-order valence-corrected chi connectivity index (χ4v) is 2.94. The van der Waals surface area contributed by atoms with Crippen LogP contribution < -0.4 is 5.73 Å². The van der Waals surface area contributed by atoms with Crippen molar-refractivity contribution in [3.63, 3.8) is 0 Å². The summed E-state index contributed by atoms with van der Waals surface area (Å²) < 4.78 is 5.36. The summed E-state index contributed by atoms with van der Waals surface area (Å²) in [6.45, 7) is 3.84. The van der Waals surface area contributed by atoms with Crippen molar-refractivity contribution in [2.75, 3.05) is 13.2 Å². The number of rotatable bonds is 3. The Bertz CT molecular complexity index is 317. The molecule has 2 N–H and O–H groups in total. The molecule has 1 saturated heterocycles. The van der Waals surface area contributed by atoms with Crippen molar-refractivity contribution in [2.45, 2.75) is 36.0 Å². The largest absolute Gasteiger partial charge is 0.381 e. The first-order chi connectivity index (χ1) is 7.75. The van der Waals surface area contributed by atoms with Gasteiger partial charge in [0, 0.05) is 29.4 Å². The van der Waals surface area contributed by atoms with Gasteiger partial charge in [0.2, 0.25) is 0 Å². The molecule has 1 aromatic carbocycles. The quantitative estimate of drug-likeness (QED) is 0.877. The second-order valence-corrected chi connectivity index (χ2v) is 5.66. The standard InChI is InChI=1S/C13H19NOS/c1-10(14)11-2-4-12(5-3-11)16-13-6-8-15-9-7-13/h2-5,10,13H,6-9,14H2,1H3/t10-/m1/s1. The minimum absolute atomic E-state index is 0.127. The second kappa shape index (κ2) is 5.71. The lowest BCUT2D eigenvalue weighted by molar-refractivity contribution is 0.100. The van der Waals surface area contributed by atoms with Crippen LogP contribution in [0.5, 0.6) is 0 Å². The number of hydrogen-bond acceptors (Lipinski definition) is 3. The first-order valence-electron chi connectivity index (χ1n) is 5.85. The summed E-state index contributed by atoms with van der Waals surface area (Å²) >= 11 is 1.96. The minimum atomic E-state index is 0.127. The maximum atomic E-state index is 5.82. The molecule has 0 bridgehead atoms. The van der Waals surface area contributed by atoms with E-state index in [1.807, 2.05) is 18.7 Å². The number of ether oxygens (including phenoxy) is 1. The molecular formula is C13H19NOS. The number of thioether (sulfide) groups is 1. The Kier molecular flexibility index (Phi) is 4.27. The van der Waals surface area contributed by atoms with Crippen molar-refractivity contribution in [1.29, 1.82) is 0 Å². The van der Waals surface area contributed by atoms with Gasteiger partial charge >= 0.3 is 0 Å². The van der Waals surface area contributed by atoms with Crippen molar-refractivity contribution in [2.24, 2.45) is 5.73 Å². The van der Waals surface area contributed by atoms with Crippen molar-refractivity contribution in [1.82, 2.24) is 0 Å². The Labute approximate surface area is 102 Å². The summed E-state index contributed by atoms with van der Waals surface area (Å²) in [6.07, 6.45) is 2.33. The third-order valence-corrected chi connectivity index (χ3v) is 4.23. The van der Waals surface area contributed by atoms with Crippen LogP contribution in [0, 0.1) is 0 Å². The van der Waals surface area contributed by atoms with E-state index >= 15 is 0 Å². The van der Waals surface area contributed by atoms with Gasteiger partial charge in [-0.3, -0.25) is 0 Å². The molecule has 0 aliphatic carbocycles. The molecule has 16 heavy (non-hydrogen) atoms. The summed E-state index contributed by atoms with van der Waals surface area (Å²) in [5.74, 6) is 0. The van der Waals surface area contributed by atoms with Gasteiger partial charge in [0.05, 0.1) is 0 Å². The van der Waals surface area contributed by atoms with Crippen LogP contribution in [0.3, 0.4) is 0 Å². The average molecular weight is 237 g/mol. The molecule has 1 aromatic rings. The topological polar surface area (TPSA) is 35.2 Å². The molecule has 0 amide bonds. The van der Waals surface area contributed by atoms with Crippen LogP contribution in [0.4, 0.5) is 0 Å². The number of hydrogen-bond donors (Lipinski definition) is 1. The third kappa shape index (κ3) is 3.24. The average Bonchev–Trinajstić information content (AvgIpc) is 2.31. The molecule has 0 aromatic heterocycles. The zero-order chi connectivity index (χ0) is 11.4. The summed E-state index contributed by atoms with van der Waals surface area (Å²) in [6, 6.07) is 8.75. The predicted octanol–water partition coefficient (Wildman–Crippen LogP) is 2.98. The van der Waals surface area contributed by atoms with Crippen LogP contribution in [-0.4, -0.2) is 18.5 Å². The Morgan fingerprint density at radius 1 is 1.25 bits per heavy atom. The van der Waals surface area contributed by atoms with Crippen molar-refractivity contribution < 1.29 is 4.74 Å². The molecule has 0 spiro atoms. The summed E-state index contributed by atoms with van der Waals surface area (Å²) in [4.78, 5) is 1.34. The smallest absolute Gasteiger partial charge is 0.0476 e. The van der Waals surface area contributed by atoms with Gasteiger partial charge in [-0.1, -0.05) is 12.1 Å². The highest BCUT2D eigenvalue weighted by molar-refractivity contribution is 8.00. The van der Waals surface area contributed by atoms with Gasteiger partial charge in [-0.15, -0.1) is 11.8 Å². The van der Waals surface area contributed by atoms with E-state index in [1.165, 1.54) is 23.3 Å². The first-order valence-corrected chi connectivity index (χ1v) is 6.73. The Balaban J connectivity index is 1.93. The Morgan fingerprint density at radius 3 is 2.44 bits per heavy atom. The molecule has 88 valence electrons. The molecule has 3 heteroatoms. The van der Waals surface area contributed by atoms with Crippen LogP contribution >= 0.6 is 11.8 Å².